The molecular formula is C22H27BrClN3O4S. The third kappa shape index (κ3) is 7.21. The van der Waals surface area contributed by atoms with E-state index in [9.17, 15) is 18.0 Å². The van der Waals surface area contributed by atoms with Crippen LogP contribution >= 0.6 is 27.5 Å². The maximum absolute atomic E-state index is 13.4. The molecule has 0 aliphatic carbocycles. The van der Waals surface area contributed by atoms with E-state index in [2.05, 4.69) is 21.2 Å². The maximum Gasteiger partial charge on any atom is 0.244 e. The minimum atomic E-state index is -3.77. The van der Waals surface area contributed by atoms with Crippen LogP contribution in [0.2, 0.25) is 5.02 Å². The summed E-state index contributed by atoms with van der Waals surface area (Å²) >= 11 is 9.61. The zero-order valence-electron chi connectivity index (χ0n) is 18.4. The zero-order valence-corrected chi connectivity index (χ0v) is 21.5. The summed E-state index contributed by atoms with van der Waals surface area (Å²) in [5.41, 5.74) is 0.993. The molecule has 2 aromatic rings. The fourth-order valence-corrected chi connectivity index (χ4v) is 4.47. The normalized spacial score (nSPS) is 12.3. The minimum absolute atomic E-state index is 0.0568. The average Bonchev–Trinajstić information content (AvgIpc) is 2.69. The van der Waals surface area contributed by atoms with Crippen LogP contribution in [0.3, 0.4) is 0 Å². The molecule has 0 aliphatic rings. The summed E-state index contributed by atoms with van der Waals surface area (Å²) in [4.78, 5) is 27.4. The molecule has 1 N–H and O–H groups in total. The molecule has 0 spiro atoms. The lowest BCUT2D eigenvalue weighted by Gasteiger charge is -2.32. The first kappa shape index (κ1) is 26.2. The monoisotopic (exact) mass is 543 g/mol. The van der Waals surface area contributed by atoms with Gasteiger partial charge < -0.3 is 10.2 Å². The molecule has 7 nitrogen and oxygen atoms in total. The van der Waals surface area contributed by atoms with E-state index in [1.54, 1.807) is 55.5 Å². The summed E-state index contributed by atoms with van der Waals surface area (Å²) < 4.78 is 26.7. The minimum Gasteiger partial charge on any atom is -0.352 e. The van der Waals surface area contributed by atoms with Crippen LogP contribution in [0.4, 0.5) is 5.69 Å². The van der Waals surface area contributed by atoms with Crippen molar-refractivity contribution in [2.24, 2.45) is 0 Å². The summed E-state index contributed by atoms with van der Waals surface area (Å²) in [6.45, 7) is 4.85. The Morgan fingerprint density at radius 1 is 1.09 bits per heavy atom. The largest absolute Gasteiger partial charge is 0.352 e. The van der Waals surface area contributed by atoms with Crippen LogP contribution in [-0.4, -0.2) is 50.0 Å². The number of carbonyl (C=O) groups is 2. The van der Waals surface area contributed by atoms with Gasteiger partial charge in [0.05, 0.1) is 11.9 Å². The highest BCUT2D eigenvalue weighted by Gasteiger charge is 2.30. The lowest BCUT2D eigenvalue weighted by molar-refractivity contribution is -0.139. The zero-order chi connectivity index (χ0) is 24.1. The van der Waals surface area contributed by atoms with E-state index in [4.69, 9.17) is 11.6 Å². The molecule has 2 aromatic carbocycles. The second kappa shape index (κ2) is 11.2. The molecule has 0 aliphatic heterocycles. The predicted molar refractivity (Wildman–Crippen MR) is 131 cm³/mol. The van der Waals surface area contributed by atoms with Gasteiger partial charge in [0, 0.05) is 22.1 Å². The van der Waals surface area contributed by atoms with Gasteiger partial charge in [-0.3, -0.25) is 13.9 Å². The molecule has 0 unspecified atom stereocenters. The van der Waals surface area contributed by atoms with Gasteiger partial charge in [-0.2, -0.15) is 0 Å². The van der Waals surface area contributed by atoms with E-state index in [-0.39, 0.29) is 18.5 Å². The maximum atomic E-state index is 13.4. The Morgan fingerprint density at radius 2 is 1.75 bits per heavy atom. The van der Waals surface area contributed by atoms with Crippen molar-refractivity contribution in [1.29, 1.82) is 0 Å². The molecule has 0 aromatic heterocycles. The number of amides is 2. The van der Waals surface area contributed by atoms with Crippen LogP contribution in [0.5, 0.6) is 0 Å². The number of rotatable bonds is 9. The summed E-state index contributed by atoms with van der Waals surface area (Å²) in [5.74, 6) is -0.865. The van der Waals surface area contributed by atoms with Gasteiger partial charge in [-0.25, -0.2) is 8.42 Å². The van der Waals surface area contributed by atoms with E-state index >= 15 is 0 Å². The number of carbonyl (C=O) groups excluding carboxylic acids is 2. The van der Waals surface area contributed by atoms with Gasteiger partial charge in [0.15, 0.2) is 0 Å². The van der Waals surface area contributed by atoms with Crippen molar-refractivity contribution in [3.63, 3.8) is 0 Å². The second-order valence-corrected chi connectivity index (χ2v) is 10.9. The van der Waals surface area contributed by atoms with Crippen LogP contribution in [0.15, 0.2) is 53.0 Å². The van der Waals surface area contributed by atoms with Crippen LogP contribution < -0.4 is 9.62 Å². The molecule has 0 heterocycles. The molecule has 1 atom stereocenters. The number of nitrogens with zero attached hydrogens (tertiary/aromatic N) is 2. The quantitative estimate of drug-likeness (QED) is 0.520. The van der Waals surface area contributed by atoms with E-state index in [1.165, 1.54) is 4.90 Å². The Balaban J connectivity index is 2.40. The summed E-state index contributed by atoms with van der Waals surface area (Å²) in [5, 5.41) is 3.25. The van der Waals surface area contributed by atoms with Crippen molar-refractivity contribution >= 4 is 55.1 Å². The van der Waals surface area contributed by atoms with Crippen LogP contribution in [0.1, 0.15) is 26.3 Å². The third-order valence-corrected chi connectivity index (χ3v) is 6.67. The lowest BCUT2D eigenvalue weighted by atomic mass is 10.1. The van der Waals surface area contributed by atoms with Crippen molar-refractivity contribution < 1.29 is 18.0 Å². The van der Waals surface area contributed by atoms with Gasteiger partial charge in [-0.15, -0.1) is 0 Å². The van der Waals surface area contributed by atoms with Crippen LogP contribution in [-0.2, 0) is 26.2 Å². The second-order valence-electron chi connectivity index (χ2n) is 7.70. The van der Waals surface area contributed by atoms with E-state index < -0.39 is 28.5 Å². The Labute approximate surface area is 202 Å². The van der Waals surface area contributed by atoms with Crippen molar-refractivity contribution in [2.45, 2.75) is 39.4 Å². The van der Waals surface area contributed by atoms with Gasteiger partial charge in [0.1, 0.15) is 12.6 Å². The fourth-order valence-electron chi connectivity index (χ4n) is 3.04. The topological polar surface area (TPSA) is 86.8 Å². The summed E-state index contributed by atoms with van der Waals surface area (Å²) in [6, 6.07) is 12.7. The smallest absolute Gasteiger partial charge is 0.244 e. The van der Waals surface area contributed by atoms with E-state index in [1.807, 2.05) is 13.8 Å². The van der Waals surface area contributed by atoms with E-state index in [0.717, 1.165) is 10.6 Å². The van der Waals surface area contributed by atoms with Crippen molar-refractivity contribution in [2.75, 3.05) is 17.1 Å². The van der Waals surface area contributed by atoms with Crippen LogP contribution in [0, 0.1) is 0 Å². The molecule has 0 saturated carbocycles. The first-order valence-corrected chi connectivity index (χ1v) is 13.0. The van der Waals surface area contributed by atoms with Gasteiger partial charge in [0.2, 0.25) is 21.8 Å². The Kier molecular flexibility index (Phi) is 9.12. The molecule has 0 saturated heterocycles. The number of hydrogen-bond donors (Lipinski definition) is 1. The molecule has 0 bridgehead atoms. The molecule has 32 heavy (non-hydrogen) atoms. The Bertz CT molecular complexity index is 1080. The lowest BCUT2D eigenvalue weighted by Crippen LogP contribution is -2.52. The van der Waals surface area contributed by atoms with Gasteiger partial charge in [-0.05, 0) is 50.6 Å². The first-order chi connectivity index (χ1) is 14.9. The van der Waals surface area contributed by atoms with E-state index in [0.29, 0.717) is 20.7 Å². The first-order valence-electron chi connectivity index (χ1n) is 9.96. The molecular weight excluding hydrogens is 518 g/mol. The summed E-state index contributed by atoms with van der Waals surface area (Å²) in [6.07, 6.45) is 1.04. The number of nitrogens with one attached hydrogen (secondary N) is 1. The Morgan fingerprint density at radius 3 is 2.31 bits per heavy atom. The van der Waals surface area contributed by atoms with Crippen molar-refractivity contribution in [1.82, 2.24) is 10.2 Å². The molecule has 0 radical (unpaired) electrons. The van der Waals surface area contributed by atoms with Gasteiger partial charge in [0.25, 0.3) is 0 Å². The highest BCUT2D eigenvalue weighted by molar-refractivity contribution is 9.10. The highest BCUT2D eigenvalue weighted by Crippen LogP contribution is 2.24. The number of sulfonamides is 1. The molecule has 0 fully saturated rings. The van der Waals surface area contributed by atoms with Gasteiger partial charge in [-0.1, -0.05) is 51.8 Å². The molecule has 2 amide bonds. The van der Waals surface area contributed by atoms with Gasteiger partial charge >= 0.3 is 0 Å². The average molecular weight is 545 g/mol. The number of benzene rings is 2. The highest BCUT2D eigenvalue weighted by atomic mass is 79.9. The Hall–Kier alpha value is -2.10. The molecule has 174 valence electrons. The number of anilines is 1. The number of hydrogen-bond acceptors (Lipinski definition) is 4. The molecule has 2 rings (SSSR count). The standard InChI is InChI=1S/C22H27BrClN3O4S/c1-15(2)25-22(29)16(3)26(13-17-8-5-6-11-20(17)24)21(28)14-27(32(4,30)31)19-10-7-9-18(23)12-19/h5-12,15-16H,13-14H2,1-4H3,(H,25,29)/t16-/m1/s1. The fraction of sp³-hybridized carbons (Fsp3) is 0.364. The SMILES string of the molecule is CC(C)NC(=O)[C@@H](C)N(Cc1ccccc1Cl)C(=O)CN(c1cccc(Br)c1)S(C)(=O)=O. The van der Waals surface area contributed by atoms with Crippen LogP contribution in [0.25, 0.3) is 0 Å². The predicted octanol–water partition coefficient (Wildman–Crippen LogP) is 3.81. The van der Waals surface area contributed by atoms with Crippen molar-refractivity contribution in [3.8, 4) is 0 Å². The number of halogens is 2. The summed E-state index contributed by atoms with van der Waals surface area (Å²) in [7, 11) is -3.77. The molecule has 10 heteroatoms. The third-order valence-electron chi connectivity index (χ3n) is 4.67. The van der Waals surface area contributed by atoms with Crippen molar-refractivity contribution in [3.05, 3.63) is 63.6 Å².